The van der Waals surface area contributed by atoms with E-state index in [9.17, 15) is 10.5 Å². The van der Waals surface area contributed by atoms with E-state index in [2.05, 4.69) is 159 Å². The van der Waals surface area contributed by atoms with Gasteiger partial charge in [0.2, 0.25) is 0 Å². The first-order chi connectivity index (χ1) is 27.2. The van der Waals surface area contributed by atoms with Crippen molar-refractivity contribution >= 4 is 65.4 Å². The van der Waals surface area contributed by atoms with Crippen molar-refractivity contribution in [2.24, 2.45) is 0 Å². The lowest BCUT2D eigenvalue weighted by atomic mass is 9.99. The zero-order chi connectivity index (χ0) is 36.6. The Kier molecular flexibility index (Phi) is 6.61. The summed E-state index contributed by atoms with van der Waals surface area (Å²) >= 11 is 0. The van der Waals surface area contributed by atoms with Crippen molar-refractivity contribution in [2.45, 2.75) is 0 Å². The van der Waals surface area contributed by atoms with Gasteiger partial charge in [0, 0.05) is 49.3 Å². The van der Waals surface area contributed by atoms with E-state index in [1.807, 2.05) is 42.5 Å². The van der Waals surface area contributed by atoms with Gasteiger partial charge in [0.15, 0.2) is 0 Å². The minimum Gasteiger partial charge on any atom is -0.309 e. The Bertz CT molecular complexity index is 3420. The van der Waals surface area contributed by atoms with E-state index < -0.39 is 0 Å². The van der Waals surface area contributed by atoms with Crippen LogP contribution in [0.15, 0.2) is 176 Å². The molecule has 0 aliphatic rings. The summed E-state index contributed by atoms with van der Waals surface area (Å²) in [5.74, 6) is 0. The Hall–Kier alpha value is -7.86. The second-order valence-corrected chi connectivity index (χ2v) is 14.0. The molecule has 0 spiro atoms. The molecule has 0 saturated carbocycles. The Morgan fingerprint density at radius 2 is 0.909 bits per heavy atom. The van der Waals surface area contributed by atoms with Gasteiger partial charge in [0.05, 0.1) is 62.1 Å². The summed E-state index contributed by atoms with van der Waals surface area (Å²) in [5.41, 5.74) is 12.7. The highest BCUT2D eigenvalue weighted by Gasteiger charge is 2.20. The average molecular weight is 700 g/mol. The summed E-state index contributed by atoms with van der Waals surface area (Å²) in [6.45, 7) is 0. The van der Waals surface area contributed by atoms with Crippen LogP contribution in [0, 0.1) is 22.7 Å². The fourth-order valence-electron chi connectivity index (χ4n) is 8.79. The van der Waals surface area contributed by atoms with Gasteiger partial charge in [-0.15, -0.1) is 0 Å². The summed E-state index contributed by atoms with van der Waals surface area (Å²) < 4.78 is 6.98. The van der Waals surface area contributed by atoms with Crippen LogP contribution in [0.4, 0.5) is 0 Å². The third-order valence-electron chi connectivity index (χ3n) is 11.1. The van der Waals surface area contributed by atoms with Crippen LogP contribution >= 0.6 is 0 Å². The molecule has 0 N–H and O–H groups in total. The van der Waals surface area contributed by atoms with Crippen LogP contribution in [-0.4, -0.2) is 13.7 Å². The van der Waals surface area contributed by atoms with Gasteiger partial charge in [-0.3, -0.25) is 0 Å². The number of nitrogens with zero attached hydrogens (tertiary/aromatic N) is 5. The lowest BCUT2D eigenvalue weighted by Crippen LogP contribution is -1.98. The highest BCUT2D eigenvalue weighted by atomic mass is 15.0. The van der Waals surface area contributed by atoms with Crippen LogP contribution in [0.1, 0.15) is 11.1 Å². The van der Waals surface area contributed by atoms with Crippen molar-refractivity contribution in [3.05, 3.63) is 187 Å². The number of hydrogen-bond donors (Lipinski definition) is 0. The fraction of sp³-hybridized carbons (Fsp3) is 0. The monoisotopic (exact) mass is 699 g/mol. The number of para-hydroxylation sites is 4. The number of rotatable bonds is 4. The average Bonchev–Trinajstić information content (AvgIpc) is 3.89. The first-order valence-corrected chi connectivity index (χ1v) is 18.3. The normalized spacial score (nSPS) is 11.6. The van der Waals surface area contributed by atoms with E-state index in [1.165, 1.54) is 32.6 Å². The van der Waals surface area contributed by atoms with Crippen LogP contribution < -0.4 is 0 Å². The molecule has 0 unspecified atom stereocenters. The van der Waals surface area contributed by atoms with Crippen molar-refractivity contribution in [2.75, 3.05) is 0 Å². The molecule has 0 amide bonds. The van der Waals surface area contributed by atoms with Crippen LogP contribution in [-0.2, 0) is 0 Å². The van der Waals surface area contributed by atoms with Crippen molar-refractivity contribution in [3.8, 4) is 40.3 Å². The van der Waals surface area contributed by atoms with E-state index in [-0.39, 0.29) is 0 Å². The molecular formula is C50H29N5. The topological polar surface area (TPSA) is 62.4 Å². The molecule has 0 radical (unpaired) electrons. The summed E-state index contributed by atoms with van der Waals surface area (Å²) in [4.78, 5) is 0. The number of aromatic nitrogens is 3. The minimum absolute atomic E-state index is 0.601. The first-order valence-electron chi connectivity index (χ1n) is 18.3. The molecule has 3 aromatic heterocycles. The molecule has 0 saturated heterocycles. The summed E-state index contributed by atoms with van der Waals surface area (Å²) in [7, 11) is 0. The van der Waals surface area contributed by atoms with Gasteiger partial charge >= 0.3 is 0 Å². The molecule has 5 nitrogen and oxygen atoms in total. The predicted octanol–water partition coefficient (Wildman–Crippen LogP) is 12.4. The highest BCUT2D eigenvalue weighted by molar-refractivity contribution is 6.16. The summed E-state index contributed by atoms with van der Waals surface area (Å²) in [6, 6.07) is 66.0. The number of fused-ring (bicyclic) bond motifs is 9. The Balaban J connectivity index is 1.13. The number of hydrogen-bond acceptors (Lipinski definition) is 2. The minimum atomic E-state index is 0.601. The SMILES string of the molecule is N#Cc1ccc2c(c1)c1ccccc1n2-c1ccc(C#N)c(-c2cccc(-n3c4ccccc4c4c(-n5c6ccccc6c6ccccc65)cccc43)c2)c1. The van der Waals surface area contributed by atoms with Crippen LogP contribution in [0.5, 0.6) is 0 Å². The quantitative estimate of drug-likeness (QED) is 0.184. The fourth-order valence-corrected chi connectivity index (χ4v) is 8.79. The zero-order valence-electron chi connectivity index (χ0n) is 29.5. The van der Waals surface area contributed by atoms with E-state index in [4.69, 9.17) is 0 Å². The molecule has 3 heterocycles. The van der Waals surface area contributed by atoms with Crippen molar-refractivity contribution in [3.63, 3.8) is 0 Å². The molecule has 0 aliphatic carbocycles. The summed E-state index contributed by atoms with van der Waals surface area (Å²) in [5, 5.41) is 27.0. The van der Waals surface area contributed by atoms with E-state index in [0.717, 1.165) is 61.0 Å². The molecule has 0 aliphatic heterocycles. The van der Waals surface area contributed by atoms with E-state index in [0.29, 0.717) is 11.1 Å². The molecular weight excluding hydrogens is 671 g/mol. The van der Waals surface area contributed by atoms with Gasteiger partial charge in [-0.05, 0) is 90.5 Å². The Morgan fingerprint density at radius 1 is 0.364 bits per heavy atom. The number of nitriles is 2. The standard InChI is InChI=1S/C50H29N5/c51-30-32-23-26-47-42(27-32)39-15-3-5-17-43(39)53(47)36-25-24-34(31-52)41(29-36)33-11-9-12-35(28-33)54-46-20-8-4-16-40(46)50-48(54)21-10-22-49(50)55-44-18-6-1-13-37(44)38-14-2-7-19-45(38)55/h1-29H. The second kappa shape index (κ2) is 11.8. The van der Waals surface area contributed by atoms with Crippen LogP contribution in [0.25, 0.3) is 93.6 Å². The predicted molar refractivity (Wildman–Crippen MR) is 224 cm³/mol. The first kappa shape index (κ1) is 30.7. The molecule has 11 aromatic rings. The van der Waals surface area contributed by atoms with Gasteiger partial charge in [-0.2, -0.15) is 10.5 Å². The second-order valence-electron chi connectivity index (χ2n) is 14.0. The molecule has 0 fully saturated rings. The van der Waals surface area contributed by atoms with Gasteiger partial charge < -0.3 is 13.7 Å². The van der Waals surface area contributed by atoms with Crippen molar-refractivity contribution in [1.82, 2.24) is 13.7 Å². The van der Waals surface area contributed by atoms with Crippen LogP contribution in [0.2, 0.25) is 0 Å². The molecule has 254 valence electrons. The van der Waals surface area contributed by atoms with Gasteiger partial charge in [0.25, 0.3) is 0 Å². The maximum Gasteiger partial charge on any atom is 0.0998 e. The lowest BCUT2D eigenvalue weighted by Gasteiger charge is -2.14. The Morgan fingerprint density at radius 3 is 1.60 bits per heavy atom. The maximum absolute atomic E-state index is 10.4. The smallest absolute Gasteiger partial charge is 0.0998 e. The van der Waals surface area contributed by atoms with Crippen molar-refractivity contribution < 1.29 is 0 Å². The largest absolute Gasteiger partial charge is 0.309 e. The Labute approximate surface area is 316 Å². The van der Waals surface area contributed by atoms with Gasteiger partial charge in [0.1, 0.15) is 0 Å². The summed E-state index contributed by atoms with van der Waals surface area (Å²) in [6.07, 6.45) is 0. The van der Waals surface area contributed by atoms with Gasteiger partial charge in [-0.25, -0.2) is 0 Å². The van der Waals surface area contributed by atoms with E-state index >= 15 is 0 Å². The highest BCUT2D eigenvalue weighted by Crippen LogP contribution is 2.41. The molecule has 11 rings (SSSR count). The number of benzene rings is 8. The van der Waals surface area contributed by atoms with Gasteiger partial charge in [-0.1, -0.05) is 91.0 Å². The molecule has 55 heavy (non-hydrogen) atoms. The van der Waals surface area contributed by atoms with E-state index in [1.54, 1.807) is 0 Å². The molecule has 0 bridgehead atoms. The third kappa shape index (κ3) is 4.45. The zero-order valence-corrected chi connectivity index (χ0v) is 29.5. The molecule has 5 heteroatoms. The van der Waals surface area contributed by atoms with Crippen molar-refractivity contribution in [1.29, 1.82) is 10.5 Å². The lowest BCUT2D eigenvalue weighted by molar-refractivity contribution is 1.17. The maximum atomic E-state index is 10.4. The van der Waals surface area contributed by atoms with Crippen LogP contribution in [0.3, 0.4) is 0 Å². The third-order valence-corrected chi connectivity index (χ3v) is 11.1. The molecule has 8 aromatic carbocycles. The molecule has 0 atom stereocenters.